The largest absolute Gasteiger partial charge is 0.507 e. The summed E-state index contributed by atoms with van der Waals surface area (Å²) >= 11 is 0. The van der Waals surface area contributed by atoms with E-state index in [4.69, 9.17) is 4.74 Å². The van der Waals surface area contributed by atoms with E-state index in [0.29, 0.717) is 0 Å². The Bertz CT molecular complexity index is 562. The van der Waals surface area contributed by atoms with Crippen LogP contribution in [0.25, 0.3) is 0 Å². The van der Waals surface area contributed by atoms with Crippen molar-refractivity contribution >= 4 is 11.9 Å². The van der Waals surface area contributed by atoms with E-state index < -0.39 is 12.1 Å². The number of nitrogens with one attached hydrogen (secondary N) is 1. The first kappa shape index (κ1) is 17.3. The normalized spacial score (nSPS) is 17.1. The lowest BCUT2D eigenvalue weighted by Crippen LogP contribution is -2.41. The molecule has 1 saturated carbocycles. The minimum atomic E-state index is -0.884. The Morgan fingerprint density at radius 2 is 1.87 bits per heavy atom. The molecule has 0 radical (unpaired) electrons. The third-order valence-corrected chi connectivity index (χ3v) is 4.23. The molecule has 23 heavy (non-hydrogen) atoms. The minimum Gasteiger partial charge on any atom is -0.507 e. The number of benzene rings is 1. The Morgan fingerprint density at radius 1 is 1.22 bits per heavy atom. The monoisotopic (exact) mass is 319 g/mol. The molecule has 0 aromatic heterocycles. The van der Waals surface area contributed by atoms with Gasteiger partial charge in [-0.1, -0.05) is 37.3 Å². The van der Waals surface area contributed by atoms with Gasteiger partial charge < -0.3 is 15.2 Å². The van der Waals surface area contributed by atoms with Gasteiger partial charge in [-0.2, -0.15) is 0 Å². The third-order valence-electron chi connectivity index (χ3n) is 4.23. The lowest BCUT2D eigenvalue weighted by atomic mass is 10.1. The number of aryl methyl sites for hydroxylation is 1. The summed E-state index contributed by atoms with van der Waals surface area (Å²) in [5, 5.41) is 12.7. The zero-order valence-corrected chi connectivity index (χ0v) is 13.8. The Balaban J connectivity index is 1.92. The van der Waals surface area contributed by atoms with Crippen LogP contribution in [0.15, 0.2) is 18.2 Å². The summed E-state index contributed by atoms with van der Waals surface area (Å²) in [4.78, 5) is 24.3. The maximum Gasteiger partial charge on any atom is 0.342 e. The Morgan fingerprint density at radius 3 is 2.52 bits per heavy atom. The number of rotatable bonds is 4. The number of hydrogen-bond acceptors (Lipinski definition) is 4. The van der Waals surface area contributed by atoms with Crippen molar-refractivity contribution in [1.29, 1.82) is 0 Å². The highest BCUT2D eigenvalue weighted by Crippen LogP contribution is 2.20. The van der Waals surface area contributed by atoms with E-state index in [9.17, 15) is 14.7 Å². The van der Waals surface area contributed by atoms with Gasteiger partial charge in [0.05, 0.1) is 0 Å². The molecule has 0 saturated heterocycles. The first-order valence-corrected chi connectivity index (χ1v) is 8.28. The predicted octanol–water partition coefficient (Wildman–Crippen LogP) is 3.08. The van der Waals surface area contributed by atoms with Gasteiger partial charge in [-0.05, 0) is 38.8 Å². The van der Waals surface area contributed by atoms with E-state index in [2.05, 4.69) is 5.32 Å². The van der Waals surface area contributed by atoms with Crippen molar-refractivity contribution in [3.8, 4) is 5.75 Å². The summed E-state index contributed by atoms with van der Waals surface area (Å²) in [6.45, 7) is 3.37. The van der Waals surface area contributed by atoms with Crippen molar-refractivity contribution in [2.45, 2.75) is 64.5 Å². The summed E-state index contributed by atoms with van der Waals surface area (Å²) in [6, 6.07) is 4.86. The Labute approximate surface area is 137 Å². The van der Waals surface area contributed by atoms with E-state index in [1.807, 2.05) is 6.92 Å². The zero-order valence-electron chi connectivity index (χ0n) is 13.8. The zero-order chi connectivity index (χ0) is 16.8. The molecule has 1 aliphatic carbocycles. The van der Waals surface area contributed by atoms with Gasteiger partial charge >= 0.3 is 5.97 Å². The molecule has 126 valence electrons. The molecule has 5 heteroatoms. The highest BCUT2D eigenvalue weighted by Gasteiger charge is 2.23. The second kappa shape index (κ2) is 7.99. The molecule has 2 rings (SSSR count). The van der Waals surface area contributed by atoms with Crippen LogP contribution in [0.3, 0.4) is 0 Å². The Hall–Kier alpha value is -2.04. The van der Waals surface area contributed by atoms with Crippen LogP contribution in [-0.2, 0) is 9.53 Å². The molecule has 0 unspecified atom stereocenters. The predicted molar refractivity (Wildman–Crippen MR) is 87.4 cm³/mol. The summed E-state index contributed by atoms with van der Waals surface area (Å²) in [5.74, 6) is -1.11. The lowest BCUT2D eigenvalue weighted by Gasteiger charge is -2.19. The van der Waals surface area contributed by atoms with Crippen molar-refractivity contribution in [2.75, 3.05) is 0 Å². The van der Waals surface area contributed by atoms with Gasteiger partial charge in [0.15, 0.2) is 6.10 Å². The van der Waals surface area contributed by atoms with Gasteiger partial charge in [0.25, 0.3) is 5.91 Å². The Kier molecular flexibility index (Phi) is 6.02. The standard InChI is InChI=1S/C18H25NO4/c1-12-9-10-16(20)15(11-12)18(22)23-13(2)17(21)19-14-7-5-3-4-6-8-14/h9-11,13-14,20H,3-8H2,1-2H3,(H,19,21)/t13-/m0/s1. The molecule has 2 N–H and O–H groups in total. The van der Waals surface area contributed by atoms with Gasteiger partial charge in [0.1, 0.15) is 11.3 Å². The second-order valence-corrected chi connectivity index (χ2v) is 6.27. The van der Waals surface area contributed by atoms with Crippen LogP contribution in [-0.4, -0.2) is 29.1 Å². The average molecular weight is 319 g/mol. The summed E-state index contributed by atoms with van der Waals surface area (Å²) < 4.78 is 5.20. The van der Waals surface area contributed by atoms with Crippen molar-refractivity contribution < 1.29 is 19.4 Å². The average Bonchev–Trinajstić information content (AvgIpc) is 2.78. The van der Waals surface area contributed by atoms with Crippen LogP contribution < -0.4 is 5.32 Å². The molecule has 1 atom stereocenters. The van der Waals surface area contributed by atoms with Gasteiger partial charge in [-0.15, -0.1) is 0 Å². The first-order valence-electron chi connectivity index (χ1n) is 8.28. The molecule has 1 fully saturated rings. The molecule has 5 nitrogen and oxygen atoms in total. The first-order chi connectivity index (χ1) is 11.0. The van der Waals surface area contributed by atoms with Crippen molar-refractivity contribution in [2.24, 2.45) is 0 Å². The highest BCUT2D eigenvalue weighted by molar-refractivity contribution is 5.94. The molecule has 0 bridgehead atoms. The number of carbonyl (C=O) groups excluding carboxylic acids is 2. The number of carbonyl (C=O) groups is 2. The smallest absolute Gasteiger partial charge is 0.342 e. The summed E-state index contributed by atoms with van der Waals surface area (Å²) in [5.41, 5.74) is 0.921. The van der Waals surface area contributed by atoms with Crippen molar-refractivity contribution in [1.82, 2.24) is 5.32 Å². The minimum absolute atomic E-state index is 0.0825. The number of aromatic hydroxyl groups is 1. The maximum absolute atomic E-state index is 12.2. The maximum atomic E-state index is 12.2. The van der Waals surface area contributed by atoms with Gasteiger partial charge in [0.2, 0.25) is 0 Å². The summed E-state index contributed by atoms with van der Waals surface area (Å²) in [7, 11) is 0. The van der Waals surface area contributed by atoms with Crippen LogP contribution in [0, 0.1) is 6.92 Å². The molecular weight excluding hydrogens is 294 g/mol. The molecule has 1 amide bonds. The summed E-state index contributed by atoms with van der Waals surface area (Å²) in [6.07, 6.45) is 5.74. The van der Waals surface area contributed by atoms with E-state index in [-0.39, 0.29) is 23.3 Å². The van der Waals surface area contributed by atoms with Crippen LogP contribution in [0.4, 0.5) is 0 Å². The molecule has 0 spiro atoms. The van der Waals surface area contributed by atoms with Gasteiger partial charge in [-0.3, -0.25) is 4.79 Å². The van der Waals surface area contributed by atoms with E-state index in [1.54, 1.807) is 19.1 Å². The number of phenolic OH excluding ortho intramolecular Hbond substituents is 1. The molecular formula is C18H25NO4. The fraction of sp³-hybridized carbons (Fsp3) is 0.556. The number of esters is 1. The lowest BCUT2D eigenvalue weighted by molar-refractivity contribution is -0.129. The highest BCUT2D eigenvalue weighted by atomic mass is 16.5. The van der Waals surface area contributed by atoms with Crippen LogP contribution in [0.5, 0.6) is 5.75 Å². The quantitative estimate of drug-likeness (QED) is 0.660. The SMILES string of the molecule is Cc1ccc(O)c(C(=O)O[C@@H](C)C(=O)NC2CCCCCC2)c1. The third kappa shape index (κ3) is 4.98. The van der Waals surface area contributed by atoms with E-state index >= 15 is 0 Å². The number of amides is 1. The van der Waals surface area contributed by atoms with Gasteiger partial charge in [-0.25, -0.2) is 4.79 Å². The van der Waals surface area contributed by atoms with E-state index in [0.717, 1.165) is 31.2 Å². The molecule has 1 aromatic rings. The van der Waals surface area contributed by atoms with Crippen LogP contribution in [0.2, 0.25) is 0 Å². The molecule has 1 aliphatic rings. The van der Waals surface area contributed by atoms with Gasteiger partial charge in [0, 0.05) is 6.04 Å². The number of ether oxygens (including phenoxy) is 1. The molecule has 0 aliphatic heterocycles. The fourth-order valence-electron chi connectivity index (χ4n) is 2.83. The van der Waals surface area contributed by atoms with Crippen LogP contribution in [0.1, 0.15) is 61.4 Å². The number of phenols is 1. The van der Waals surface area contributed by atoms with Crippen LogP contribution >= 0.6 is 0 Å². The van der Waals surface area contributed by atoms with Crippen molar-refractivity contribution in [3.05, 3.63) is 29.3 Å². The fourth-order valence-corrected chi connectivity index (χ4v) is 2.83. The molecule has 1 aromatic carbocycles. The number of hydrogen-bond donors (Lipinski definition) is 2. The van der Waals surface area contributed by atoms with Crippen molar-refractivity contribution in [3.63, 3.8) is 0 Å². The molecule has 0 heterocycles. The van der Waals surface area contributed by atoms with E-state index in [1.165, 1.54) is 18.9 Å². The second-order valence-electron chi connectivity index (χ2n) is 6.27. The topological polar surface area (TPSA) is 75.6 Å².